The molecule has 0 atom stereocenters. The van der Waals surface area contributed by atoms with Gasteiger partial charge in [-0.25, -0.2) is 4.79 Å². The quantitative estimate of drug-likeness (QED) is 0.856. The first-order chi connectivity index (χ1) is 9.36. The minimum Gasteiger partial charge on any atom is -0.478 e. The number of halogens is 3. The monoisotopic (exact) mass is 302 g/mol. The number of furan rings is 1. The van der Waals surface area contributed by atoms with Crippen LogP contribution in [0.3, 0.4) is 0 Å². The zero-order valence-corrected chi connectivity index (χ0v) is 10.8. The Hall–Kier alpha value is -1.89. The van der Waals surface area contributed by atoms with E-state index in [1.807, 2.05) is 0 Å². The highest BCUT2D eigenvalue weighted by Crippen LogP contribution is 2.32. The Kier molecular flexibility index (Phi) is 4.08. The minimum atomic E-state index is -4.38. The Labute approximate surface area is 116 Å². The molecule has 1 N–H and O–H groups in total. The van der Waals surface area contributed by atoms with Crippen molar-refractivity contribution in [3.05, 3.63) is 53.5 Å². The van der Waals surface area contributed by atoms with Gasteiger partial charge in [0.15, 0.2) is 0 Å². The van der Waals surface area contributed by atoms with Crippen molar-refractivity contribution in [2.75, 3.05) is 0 Å². The molecule has 0 saturated heterocycles. The van der Waals surface area contributed by atoms with Crippen LogP contribution in [0.15, 0.2) is 45.9 Å². The van der Waals surface area contributed by atoms with Gasteiger partial charge in [-0.1, -0.05) is 6.07 Å². The van der Waals surface area contributed by atoms with Crippen LogP contribution in [0.2, 0.25) is 0 Å². The van der Waals surface area contributed by atoms with Gasteiger partial charge < -0.3 is 9.52 Å². The van der Waals surface area contributed by atoms with Crippen molar-refractivity contribution >= 4 is 17.7 Å². The Morgan fingerprint density at radius 2 is 2.05 bits per heavy atom. The van der Waals surface area contributed by atoms with E-state index < -0.39 is 17.7 Å². The Morgan fingerprint density at radius 3 is 2.65 bits per heavy atom. The fourth-order valence-corrected chi connectivity index (χ4v) is 2.33. The molecular weight excluding hydrogens is 293 g/mol. The van der Waals surface area contributed by atoms with E-state index in [-0.39, 0.29) is 11.3 Å². The summed E-state index contributed by atoms with van der Waals surface area (Å²) in [6.07, 6.45) is -3.28. The number of aromatic carboxylic acids is 1. The van der Waals surface area contributed by atoms with Crippen molar-refractivity contribution in [1.82, 2.24) is 0 Å². The topological polar surface area (TPSA) is 50.4 Å². The second-order valence-corrected chi connectivity index (χ2v) is 4.97. The van der Waals surface area contributed by atoms with Gasteiger partial charge >= 0.3 is 12.1 Å². The summed E-state index contributed by atoms with van der Waals surface area (Å²) < 4.78 is 42.6. The fourth-order valence-electron chi connectivity index (χ4n) is 1.49. The van der Waals surface area contributed by atoms with E-state index in [2.05, 4.69) is 0 Å². The standard InChI is InChI=1S/C13H9F3O3S/c14-13(15,16)9-2-1-3-11(5-9)20-7-10-4-8(6-19-10)12(17)18/h1-6H,7H2,(H,17,18). The predicted molar refractivity (Wildman–Crippen MR) is 66.7 cm³/mol. The number of hydrogen-bond donors (Lipinski definition) is 1. The summed E-state index contributed by atoms with van der Waals surface area (Å²) in [5.74, 6) is -0.455. The smallest absolute Gasteiger partial charge is 0.416 e. The lowest BCUT2D eigenvalue weighted by atomic mass is 10.2. The summed E-state index contributed by atoms with van der Waals surface area (Å²) in [7, 11) is 0. The van der Waals surface area contributed by atoms with Crippen molar-refractivity contribution < 1.29 is 27.5 Å². The third kappa shape index (κ3) is 3.57. The van der Waals surface area contributed by atoms with Crippen LogP contribution < -0.4 is 0 Å². The molecule has 0 bridgehead atoms. The molecule has 1 heterocycles. The van der Waals surface area contributed by atoms with Gasteiger partial charge in [0, 0.05) is 4.90 Å². The molecule has 7 heteroatoms. The highest BCUT2D eigenvalue weighted by molar-refractivity contribution is 7.98. The van der Waals surface area contributed by atoms with Gasteiger partial charge in [-0.05, 0) is 24.3 Å². The normalized spacial score (nSPS) is 11.6. The molecule has 0 radical (unpaired) electrons. The predicted octanol–water partition coefficient (Wildman–Crippen LogP) is 4.29. The largest absolute Gasteiger partial charge is 0.478 e. The second-order valence-electron chi connectivity index (χ2n) is 3.92. The number of rotatable bonds is 4. The molecule has 0 aliphatic heterocycles. The molecule has 0 amide bonds. The van der Waals surface area contributed by atoms with Crippen LogP contribution in [0.1, 0.15) is 21.7 Å². The van der Waals surface area contributed by atoms with Gasteiger partial charge in [0.25, 0.3) is 0 Å². The molecule has 1 aromatic carbocycles. The van der Waals surface area contributed by atoms with Crippen molar-refractivity contribution in [2.24, 2.45) is 0 Å². The molecule has 0 spiro atoms. The van der Waals surface area contributed by atoms with Gasteiger partial charge in [0.2, 0.25) is 0 Å². The highest BCUT2D eigenvalue weighted by Gasteiger charge is 2.30. The van der Waals surface area contributed by atoms with E-state index in [1.165, 1.54) is 12.1 Å². The number of thioether (sulfide) groups is 1. The van der Waals surface area contributed by atoms with E-state index in [9.17, 15) is 18.0 Å². The SMILES string of the molecule is O=C(O)c1coc(CSc2cccc(C(F)(F)F)c2)c1. The molecule has 0 unspecified atom stereocenters. The van der Waals surface area contributed by atoms with E-state index in [0.717, 1.165) is 30.2 Å². The van der Waals surface area contributed by atoms with Crippen molar-refractivity contribution in [1.29, 1.82) is 0 Å². The lowest BCUT2D eigenvalue weighted by Gasteiger charge is -2.07. The highest BCUT2D eigenvalue weighted by atomic mass is 32.2. The van der Waals surface area contributed by atoms with E-state index in [1.54, 1.807) is 6.07 Å². The summed E-state index contributed by atoms with van der Waals surface area (Å²) >= 11 is 1.14. The van der Waals surface area contributed by atoms with Gasteiger partial charge in [-0.3, -0.25) is 0 Å². The third-order valence-electron chi connectivity index (χ3n) is 2.44. The van der Waals surface area contributed by atoms with Gasteiger partial charge in [-0.2, -0.15) is 13.2 Å². The van der Waals surface area contributed by atoms with Crippen LogP contribution in [0, 0.1) is 0 Å². The summed E-state index contributed by atoms with van der Waals surface area (Å²) in [4.78, 5) is 11.1. The summed E-state index contributed by atoms with van der Waals surface area (Å²) in [6.45, 7) is 0. The first kappa shape index (κ1) is 14.5. The Bertz CT molecular complexity index is 619. The molecule has 20 heavy (non-hydrogen) atoms. The molecule has 0 aliphatic carbocycles. The average Bonchev–Trinajstić information content (AvgIpc) is 2.85. The molecular formula is C13H9F3O3S. The maximum Gasteiger partial charge on any atom is 0.416 e. The fraction of sp³-hybridized carbons (Fsp3) is 0.154. The Balaban J connectivity index is 2.05. The van der Waals surface area contributed by atoms with Crippen molar-refractivity contribution in [2.45, 2.75) is 16.8 Å². The van der Waals surface area contributed by atoms with Crippen LogP contribution in [0.25, 0.3) is 0 Å². The van der Waals surface area contributed by atoms with Crippen LogP contribution in [0.4, 0.5) is 13.2 Å². The van der Waals surface area contributed by atoms with E-state index in [0.29, 0.717) is 10.7 Å². The first-order valence-corrected chi connectivity index (χ1v) is 6.45. The lowest BCUT2D eigenvalue weighted by Crippen LogP contribution is -2.04. The molecule has 3 nitrogen and oxygen atoms in total. The molecule has 0 saturated carbocycles. The maximum absolute atomic E-state index is 12.5. The van der Waals surface area contributed by atoms with Gasteiger partial charge in [0.1, 0.15) is 12.0 Å². The second kappa shape index (κ2) is 5.62. The summed E-state index contributed by atoms with van der Waals surface area (Å²) in [5, 5.41) is 8.72. The average molecular weight is 302 g/mol. The number of carbonyl (C=O) groups is 1. The number of benzene rings is 1. The lowest BCUT2D eigenvalue weighted by molar-refractivity contribution is -0.137. The van der Waals surface area contributed by atoms with Gasteiger partial charge in [-0.15, -0.1) is 11.8 Å². The Morgan fingerprint density at radius 1 is 1.30 bits per heavy atom. The van der Waals surface area contributed by atoms with E-state index in [4.69, 9.17) is 9.52 Å². The molecule has 0 aliphatic rings. The summed E-state index contributed by atoms with van der Waals surface area (Å²) in [6, 6.07) is 6.28. The number of carboxylic acids is 1. The van der Waals surface area contributed by atoms with Gasteiger partial charge in [0.05, 0.1) is 16.9 Å². The molecule has 2 aromatic rings. The zero-order chi connectivity index (χ0) is 14.8. The van der Waals surface area contributed by atoms with Crippen LogP contribution in [-0.2, 0) is 11.9 Å². The molecule has 2 rings (SSSR count). The van der Waals surface area contributed by atoms with Crippen LogP contribution in [0.5, 0.6) is 0 Å². The minimum absolute atomic E-state index is 0.0182. The van der Waals surface area contributed by atoms with Crippen molar-refractivity contribution in [3.63, 3.8) is 0 Å². The van der Waals surface area contributed by atoms with E-state index >= 15 is 0 Å². The van der Waals surface area contributed by atoms with Crippen molar-refractivity contribution in [3.8, 4) is 0 Å². The number of hydrogen-bond acceptors (Lipinski definition) is 3. The third-order valence-corrected chi connectivity index (χ3v) is 3.46. The molecule has 0 fully saturated rings. The zero-order valence-electron chi connectivity index (χ0n) is 9.98. The maximum atomic E-state index is 12.5. The first-order valence-electron chi connectivity index (χ1n) is 5.47. The molecule has 1 aromatic heterocycles. The van der Waals surface area contributed by atoms with Crippen LogP contribution >= 0.6 is 11.8 Å². The number of carboxylic acid groups (broad SMARTS) is 1. The summed E-state index contributed by atoms with van der Waals surface area (Å²) in [5.41, 5.74) is -0.696. The number of alkyl halides is 3. The van der Waals surface area contributed by atoms with Crippen LogP contribution in [-0.4, -0.2) is 11.1 Å². The molecule has 106 valence electrons.